The van der Waals surface area contributed by atoms with Crippen LogP contribution in [0.1, 0.15) is 75.9 Å². The molecule has 0 spiro atoms. The van der Waals surface area contributed by atoms with Gasteiger partial charge in [-0.15, -0.1) is 0 Å². The molecule has 0 unspecified atom stereocenters. The molecule has 39 heavy (non-hydrogen) atoms. The molecule has 0 heterocycles. The molecular weight excluding hydrogens is 510 g/mol. The molecule has 0 aliphatic heterocycles. The molecule has 0 aliphatic carbocycles. The van der Waals surface area contributed by atoms with Crippen molar-refractivity contribution < 1.29 is 42.8 Å². The van der Waals surface area contributed by atoms with E-state index in [-0.39, 0.29) is 23.7 Å². The summed E-state index contributed by atoms with van der Waals surface area (Å²) < 4.78 is 31.9. The van der Waals surface area contributed by atoms with Crippen LogP contribution in [0.15, 0.2) is 6.07 Å². The molecule has 5 N–H and O–H groups in total. The zero-order valence-corrected chi connectivity index (χ0v) is 24.0. The number of primary amides is 2. The highest BCUT2D eigenvalue weighted by Gasteiger charge is 2.26. The first-order valence-electron chi connectivity index (χ1n) is 12.9. The number of carbonyl (C=O) groups is 3. The topological polar surface area (TPSA) is 171 Å². The Labute approximate surface area is 230 Å². The lowest BCUT2D eigenvalue weighted by Gasteiger charge is -2.23. The molecule has 0 aromatic heterocycles. The van der Waals surface area contributed by atoms with Gasteiger partial charge in [0, 0.05) is 42.7 Å². The summed E-state index contributed by atoms with van der Waals surface area (Å²) in [7, 11) is 9.39. The Morgan fingerprint density at radius 2 is 1.10 bits per heavy atom. The van der Waals surface area contributed by atoms with E-state index in [0.29, 0.717) is 63.4 Å². The number of ether oxygens (including phenoxy) is 6. The maximum atomic E-state index is 13.2. The molecule has 0 radical (unpaired) electrons. The molecule has 0 fully saturated rings. The van der Waals surface area contributed by atoms with E-state index in [2.05, 4.69) is 5.32 Å². The van der Waals surface area contributed by atoms with Crippen LogP contribution in [0.2, 0.25) is 0 Å². The fourth-order valence-electron chi connectivity index (χ4n) is 4.63. The van der Waals surface area contributed by atoms with Gasteiger partial charge < -0.3 is 39.9 Å². The number of carbonyl (C=O) groups excluding carboxylic acids is 3. The van der Waals surface area contributed by atoms with Crippen molar-refractivity contribution in [2.24, 2.45) is 11.5 Å². The summed E-state index contributed by atoms with van der Waals surface area (Å²) in [4.78, 5) is 37.3. The van der Waals surface area contributed by atoms with Gasteiger partial charge in [-0.05, 0) is 80.5 Å². The molecule has 0 atom stereocenters. The van der Waals surface area contributed by atoms with Crippen LogP contribution in [0.25, 0.3) is 0 Å². The van der Waals surface area contributed by atoms with E-state index in [1.165, 1.54) is 0 Å². The number of imide groups is 1. The average Bonchev–Trinajstić information content (AvgIpc) is 2.91. The van der Waals surface area contributed by atoms with Gasteiger partial charge in [-0.2, -0.15) is 0 Å². The normalized spacial score (nSPS) is 11.5. The van der Waals surface area contributed by atoms with Gasteiger partial charge in [-0.25, -0.2) is 4.79 Å². The van der Waals surface area contributed by atoms with Gasteiger partial charge in [0.05, 0.1) is 11.1 Å². The number of methoxy groups -OCH3 is 6. The van der Waals surface area contributed by atoms with E-state index in [1.54, 1.807) is 48.7 Å². The number of rotatable bonds is 20. The lowest BCUT2D eigenvalue weighted by molar-refractivity contribution is -0.107. The smallest absolute Gasteiger partial charge is 0.319 e. The number of hydrogen-bond acceptors (Lipinski definition) is 9. The summed E-state index contributed by atoms with van der Waals surface area (Å²) >= 11 is 0. The molecule has 222 valence electrons. The minimum Gasteiger partial charge on any atom is -0.366 e. The van der Waals surface area contributed by atoms with Crippen LogP contribution in [0.5, 0.6) is 0 Å². The third-order valence-corrected chi connectivity index (χ3v) is 6.57. The Morgan fingerprint density at radius 1 is 0.692 bits per heavy atom. The lowest BCUT2D eigenvalue weighted by Crippen LogP contribution is -2.37. The first kappa shape index (κ1) is 34.4. The first-order valence-corrected chi connectivity index (χ1v) is 12.9. The van der Waals surface area contributed by atoms with Gasteiger partial charge in [0.15, 0.2) is 18.9 Å². The lowest BCUT2D eigenvalue weighted by atomic mass is 9.84. The highest BCUT2D eigenvalue weighted by Crippen LogP contribution is 2.29. The Balaban J connectivity index is 3.64. The van der Waals surface area contributed by atoms with Crippen LogP contribution in [0.4, 0.5) is 4.79 Å². The third kappa shape index (κ3) is 11.2. The highest BCUT2D eigenvalue weighted by atomic mass is 16.7. The monoisotopic (exact) mass is 555 g/mol. The summed E-state index contributed by atoms with van der Waals surface area (Å²) in [6.07, 6.45) is 4.10. The second kappa shape index (κ2) is 18.6. The Bertz CT molecular complexity index is 914. The number of urea groups is 1. The van der Waals surface area contributed by atoms with Crippen LogP contribution < -0.4 is 16.8 Å². The number of hydrogen-bond donors (Lipinski definition) is 3. The molecule has 0 aliphatic rings. The van der Waals surface area contributed by atoms with Crippen molar-refractivity contribution in [2.45, 2.75) is 76.7 Å². The van der Waals surface area contributed by atoms with Crippen LogP contribution in [0, 0.1) is 0 Å². The van der Waals surface area contributed by atoms with Crippen molar-refractivity contribution in [1.29, 1.82) is 0 Å². The average molecular weight is 556 g/mol. The predicted octanol–water partition coefficient (Wildman–Crippen LogP) is 2.42. The predicted molar refractivity (Wildman–Crippen MR) is 144 cm³/mol. The summed E-state index contributed by atoms with van der Waals surface area (Å²) in [6.45, 7) is 0. The summed E-state index contributed by atoms with van der Waals surface area (Å²) in [5.74, 6) is -1.56. The van der Waals surface area contributed by atoms with Crippen LogP contribution in [-0.2, 0) is 47.7 Å². The molecular formula is C27H45N3O9. The number of nitrogens with two attached hydrogens (primary N) is 2. The second-order valence-corrected chi connectivity index (χ2v) is 8.98. The van der Waals surface area contributed by atoms with Gasteiger partial charge in [0.2, 0.25) is 5.91 Å². The molecule has 12 heteroatoms. The van der Waals surface area contributed by atoms with Crippen molar-refractivity contribution in [3.63, 3.8) is 0 Å². The standard InChI is InChI=1S/C27H45N3O9/c1-34-21(35-2)13-7-10-17-16-20(25(28)31)24(26(32)30-27(29)33)19(12-9-15-23(38-5)39-6)18(17)11-8-14-22(36-3)37-4/h16,21-23H,7-15H2,1-6H3,(H2,28,31)(H3,29,30,32,33). The minimum absolute atomic E-state index is 0.0271. The van der Waals surface area contributed by atoms with E-state index >= 15 is 0 Å². The SMILES string of the molecule is COC(CCCc1cc(C(N)=O)c(C(=O)NC(N)=O)c(CCCC(OC)OC)c1CCCC(OC)OC)OC. The molecule has 4 amide bonds. The quantitative estimate of drug-likeness (QED) is 0.204. The van der Waals surface area contributed by atoms with Crippen molar-refractivity contribution in [3.05, 3.63) is 33.9 Å². The third-order valence-electron chi connectivity index (χ3n) is 6.57. The molecule has 0 saturated carbocycles. The van der Waals surface area contributed by atoms with Crippen molar-refractivity contribution >= 4 is 17.8 Å². The van der Waals surface area contributed by atoms with E-state index < -0.39 is 24.1 Å². The number of nitrogens with one attached hydrogen (secondary N) is 1. The fourth-order valence-corrected chi connectivity index (χ4v) is 4.63. The maximum absolute atomic E-state index is 13.2. The van der Waals surface area contributed by atoms with Gasteiger partial charge in [0.1, 0.15) is 0 Å². The maximum Gasteiger partial charge on any atom is 0.319 e. The van der Waals surface area contributed by atoms with Gasteiger partial charge >= 0.3 is 6.03 Å². The number of benzene rings is 1. The largest absolute Gasteiger partial charge is 0.366 e. The molecule has 0 bridgehead atoms. The summed E-state index contributed by atoms with van der Waals surface area (Å²) in [6, 6.07) is 0.613. The van der Waals surface area contributed by atoms with Gasteiger partial charge in [0.25, 0.3) is 5.91 Å². The molecule has 12 nitrogen and oxygen atoms in total. The van der Waals surface area contributed by atoms with Crippen molar-refractivity contribution in [1.82, 2.24) is 5.32 Å². The first-order chi connectivity index (χ1) is 18.7. The molecule has 1 rings (SSSR count). The zero-order valence-electron chi connectivity index (χ0n) is 24.0. The van der Waals surface area contributed by atoms with Crippen LogP contribution in [-0.4, -0.2) is 79.4 Å². The van der Waals surface area contributed by atoms with Crippen molar-refractivity contribution in [3.8, 4) is 0 Å². The summed E-state index contributed by atoms with van der Waals surface area (Å²) in [5, 5.41) is 2.10. The fraction of sp³-hybridized carbons (Fsp3) is 0.667. The Morgan fingerprint density at radius 3 is 1.49 bits per heavy atom. The Hall–Kier alpha value is -2.61. The van der Waals surface area contributed by atoms with Crippen LogP contribution >= 0.6 is 0 Å². The molecule has 1 aromatic rings. The minimum atomic E-state index is -1.03. The second-order valence-electron chi connectivity index (χ2n) is 8.98. The van der Waals surface area contributed by atoms with E-state index in [9.17, 15) is 14.4 Å². The van der Waals surface area contributed by atoms with Crippen LogP contribution in [0.3, 0.4) is 0 Å². The van der Waals surface area contributed by atoms with E-state index in [0.717, 1.165) is 11.1 Å². The van der Waals surface area contributed by atoms with Gasteiger partial charge in [-0.1, -0.05) is 0 Å². The van der Waals surface area contributed by atoms with E-state index in [1.807, 2.05) is 0 Å². The highest BCUT2D eigenvalue weighted by molar-refractivity contribution is 6.12. The number of amides is 4. The summed E-state index contributed by atoms with van der Waals surface area (Å²) in [5.41, 5.74) is 13.5. The Kier molecular flexibility index (Phi) is 16.4. The van der Waals surface area contributed by atoms with E-state index in [4.69, 9.17) is 39.9 Å². The number of aryl methyl sites for hydroxylation is 1. The molecule has 0 saturated heterocycles. The molecule has 1 aromatic carbocycles. The van der Waals surface area contributed by atoms with Crippen molar-refractivity contribution in [2.75, 3.05) is 42.7 Å². The zero-order chi connectivity index (χ0) is 29.4. The van der Waals surface area contributed by atoms with Gasteiger partial charge in [-0.3, -0.25) is 14.9 Å².